The molecule has 0 aliphatic rings. The third-order valence-corrected chi connectivity index (χ3v) is 5.62. The number of hydrogen-bond acceptors (Lipinski definition) is 8. The second kappa shape index (κ2) is 11.9. The van der Waals surface area contributed by atoms with E-state index in [-0.39, 0.29) is 48.1 Å². The largest absolute Gasteiger partial charge is 0.453 e. The van der Waals surface area contributed by atoms with Crippen LogP contribution in [0.3, 0.4) is 0 Å². The summed E-state index contributed by atoms with van der Waals surface area (Å²) in [5.74, 6) is -0.185. The van der Waals surface area contributed by atoms with Crippen LogP contribution >= 0.6 is 0 Å². The normalized spacial score (nSPS) is 11.5. The molecule has 206 valence electrons. The number of ether oxygens (including phenoxy) is 2. The molecule has 14 heteroatoms. The molecule has 2 heterocycles. The molecule has 0 atom stereocenters. The maximum absolute atomic E-state index is 13.5. The van der Waals surface area contributed by atoms with Crippen molar-refractivity contribution in [2.75, 3.05) is 25.6 Å². The van der Waals surface area contributed by atoms with Crippen molar-refractivity contribution in [2.24, 2.45) is 0 Å². The van der Waals surface area contributed by atoms with Crippen molar-refractivity contribution < 1.29 is 36.7 Å². The van der Waals surface area contributed by atoms with Gasteiger partial charge in [0.25, 0.3) is 5.91 Å². The molecule has 0 aliphatic heterocycles. The van der Waals surface area contributed by atoms with Gasteiger partial charge < -0.3 is 24.5 Å². The Kier molecular flexibility index (Phi) is 8.44. The van der Waals surface area contributed by atoms with Crippen molar-refractivity contribution in [3.8, 4) is 11.6 Å². The molecule has 0 saturated carbocycles. The number of nitrogens with zero attached hydrogens (tertiary/aromatic N) is 4. The molecule has 2 amide bonds. The van der Waals surface area contributed by atoms with Gasteiger partial charge >= 0.3 is 12.3 Å². The fourth-order valence-corrected chi connectivity index (χ4v) is 3.79. The van der Waals surface area contributed by atoms with E-state index in [0.29, 0.717) is 24.0 Å². The lowest BCUT2D eigenvalue weighted by molar-refractivity contribution is -0.138. The minimum atomic E-state index is -4.54. The average molecular weight is 547 g/mol. The van der Waals surface area contributed by atoms with Gasteiger partial charge in [-0.3, -0.25) is 4.79 Å². The summed E-state index contributed by atoms with van der Waals surface area (Å²) < 4.78 is 57.5. The zero-order valence-corrected chi connectivity index (χ0v) is 21.0. The standard InChI is InChI=1S/C25H25F3N6O5/c1-3-4-15-7-8-18(13-19(15)25(26,27)28)30-23(35)17-6-5-16-11-21(39-20(16)12-17)22-31-32-33-34(22)14-38-24(36)29-9-10-37-2/h5-8,11-13H,3-4,9-10,14H2,1-2H3,(H,29,36)(H,30,35). The molecule has 0 aliphatic carbocycles. The molecule has 4 aromatic rings. The molecule has 2 aromatic heterocycles. The summed E-state index contributed by atoms with van der Waals surface area (Å²) in [5.41, 5.74) is -0.0859. The number of carbonyl (C=O) groups excluding carboxylic acids is 2. The highest BCUT2D eigenvalue weighted by atomic mass is 19.4. The Labute approximate surface area is 220 Å². The van der Waals surface area contributed by atoms with Crippen LogP contribution in [-0.2, 0) is 28.8 Å². The Morgan fingerprint density at radius 3 is 2.69 bits per heavy atom. The summed E-state index contributed by atoms with van der Waals surface area (Å²) in [6, 6.07) is 9.99. The second-order valence-electron chi connectivity index (χ2n) is 8.42. The maximum Gasteiger partial charge on any atom is 0.416 e. The number of amides is 2. The van der Waals surface area contributed by atoms with Crippen LogP contribution in [0, 0.1) is 0 Å². The molecule has 2 N–H and O–H groups in total. The molecule has 0 unspecified atom stereocenters. The Bertz CT molecular complexity index is 1470. The van der Waals surface area contributed by atoms with Crippen molar-refractivity contribution >= 4 is 28.7 Å². The number of benzene rings is 2. The van der Waals surface area contributed by atoms with E-state index in [9.17, 15) is 22.8 Å². The first-order valence-electron chi connectivity index (χ1n) is 11.9. The topological polar surface area (TPSA) is 133 Å². The van der Waals surface area contributed by atoms with Gasteiger partial charge in [-0.05, 0) is 52.7 Å². The van der Waals surface area contributed by atoms with Crippen molar-refractivity contribution in [3.63, 3.8) is 0 Å². The Hall–Kier alpha value is -4.46. The van der Waals surface area contributed by atoms with E-state index < -0.39 is 23.7 Å². The fourth-order valence-electron chi connectivity index (χ4n) is 3.79. The van der Waals surface area contributed by atoms with Gasteiger partial charge in [-0.2, -0.15) is 17.9 Å². The first kappa shape index (κ1) is 27.6. The third kappa shape index (κ3) is 6.71. The Morgan fingerprint density at radius 2 is 1.95 bits per heavy atom. The van der Waals surface area contributed by atoms with Gasteiger partial charge in [0.2, 0.25) is 5.82 Å². The zero-order valence-electron chi connectivity index (χ0n) is 21.0. The lowest BCUT2D eigenvalue weighted by Gasteiger charge is -2.14. The summed E-state index contributed by atoms with van der Waals surface area (Å²) in [6.07, 6.45) is -4.39. The fraction of sp³-hybridized carbons (Fsp3) is 0.320. The molecular weight excluding hydrogens is 521 g/mol. The van der Waals surface area contributed by atoms with Crippen molar-refractivity contribution in [3.05, 3.63) is 59.2 Å². The summed E-state index contributed by atoms with van der Waals surface area (Å²) in [4.78, 5) is 24.6. The molecular formula is C25H25F3N6O5. The number of furan rings is 1. The van der Waals surface area contributed by atoms with Crippen LogP contribution < -0.4 is 10.6 Å². The number of aryl methyl sites for hydroxylation is 1. The molecule has 11 nitrogen and oxygen atoms in total. The Morgan fingerprint density at radius 1 is 1.13 bits per heavy atom. The second-order valence-corrected chi connectivity index (χ2v) is 8.42. The van der Waals surface area contributed by atoms with Gasteiger partial charge in [-0.1, -0.05) is 25.5 Å². The number of tetrazole rings is 1. The molecule has 2 aromatic carbocycles. The highest BCUT2D eigenvalue weighted by Crippen LogP contribution is 2.34. The summed E-state index contributed by atoms with van der Waals surface area (Å²) >= 11 is 0. The number of hydrogen-bond donors (Lipinski definition) is 2. The van der Waals surface area contributed by atoms with Gasteiger partial charge in [0.05, 0.1) is 12.2 Å². The van der Waals surface area contributed by atoms with Gasteiger partial charge in [0, 0.05) is 30.3 Å². The number of rotatable bonds is 10. The van der Waals surface area contributed by atoms with Gasteiger partial charge in [0.1, 0.15) is 5.58 Å². The van der Waals surface area contributed by atoms with E-state index in [1.165, 1.54) is 36.1 Å². The van der Waals surface area contributed by atoms with Crippen LogP contribution in [-0.4, -0.2) is 52.5 Å². The number of carbonyl (C=O) groups is 2. The van der Waals surface area contributed by atoms with Gasteiger partial charge in [0.15, 0.2) is 12.5 Å². The van der Waals surface area contributed by atoms with E-state index in [4.69, 9.17) is 13.9 Å². The number of anilines is 1. The van der Waals surface area contributed by atoms with E-state index in [2.05, 4.69) is 26.2 Å². The minimum Gasteiger partial charge on any atom is -0.453 e. The smallest absolute Gasteiger partial charge is 0.416 e. The number of fused-ring (bicyclic) bond motifs is 1. The van der Waals surface area contributed by atoms with Crippen LogP contribution in [0.1, 0.15) is 34.8 Å². The van der Waals surface area contributed by atoms with E-state index in [1.807, 2.05) is 0 Å². The van der Waals surface area contributed by atoms with Crippen LogP contribution in [0.25, 0.3) is 22.6 Å². The molecule has 0 spiro atoms. The molecule has 0 bridgehead atoms. The average Bonchev–Trinajstić information content (AvgIpc) is 3.54. The number of nitrogens with one attached hydrogen (secondary N) is 2. The number of methoxy groups -OCH3 is 1. The van der Waals surface area contributed by atoms with Crippen LogP contribution in [0.4, 0.5) is 23.7 Å². The highest BCUT2D eigenvalue weighted by Gasteiger charge is 2.33. The lowest BCUT2D eigenvalue weighted by Crippen LogP contribution is -2.28. The van der Waals surface area contributed by atoms with E-state index >= 15 is 0 Å². The predicted octanol–water partition coefficient (Wildman–Crippen LogP) is 4.64. The van der Waals surface area contributed by atoms with Crippen LogP contribution in [0.2, 0.25) is 0 Å². The van der Waals surface area contributed by atoms with E-state index in [0.717, 1.165) is 6.07 Å². The zero-order chi connectivity index (χ0) is 28.0. The van der Waals surface area contributed by atoms with Crippen LogP contribution in [0.5, 0.6) is 0 Å². The van der Waals surface area contributed by atoms with Gasteiger partial charge in [-0.15, -0.1) is 5.10 Å². The molecule has 0 fully saturated rings. The monoisotopic (exact) mass is 546 g/mol. The van der Waals surface area contributed by atoms with E-state index in [1.54, 1.807) is 19.1 Å². The van der Waals surface area contributed by atoms with Gasteiger partial charge in [-0.25, -0.2) is 4.79 Å². The quantitative estimate of drug-likeness (QED) is 0.275. The summed E-state index contributed by atoms with van der Waals surface area (Å²) in [5, 5.41) is 16.9. The summed E-state index contributed by atoms with van der Waals surface area (Å²) in [7, 11) is 1.50. The number of halogens is 3. The first-order valence-corrected chi connectivity index (χ1v) is 11.9. The maximum atomic E-state index is 13.5. The minimum absolute atomic E-state index is 0.0258. The third-order valence-electron chi connectivity index (χ3n) is 5.62. The van der Waals surface area contributed by atoms with Crippen molar-refractivity contribution in [2.45, 2.75) is 32.7 Å². The number of aromatic nitrogens is 4. The lowest BCUT2D eigenvalue weighted by atomic mass is 10.0. The molecule has 39 heavy (non-hydrogen) atoms. The molecule has 0 radical (unpaired) electrons. The summed E-state index contributed by atoms with van der Waals surface area (Å²) in [6.45, 7) is 2.10. The molecule has 4 rings (SSSR count). The number of alkyl halides is 3. The van der Waals surface area contributed by atoms with Crippen molar-refractivity contribution in [1.29, 1.82) is 0 Å². The van der Waals surface area contributed by atoms with Crippen molar-refractivity contribution in [1.82, 2.24) is 25.5 Å². The SMILES string of the molecule is CCCc1ccc(NC(=O)c2ccc3cc(-c4nnnn4COC(=O)NCCOC)oc3c2)cc1C(F)(F)F. The Balaban J connectivity index is 1.49. The first-order chi connectivity index (χ1) is 18.7. The van der Waals surface area contributed by atoms with Crippen LogP contribution in [0.15, 0.2) is 46.9 Å². The predicted molar refractivity (Wildman–Crippen MR) is 133 cm³/mol. The highest BCUT2D eigenvalue weighted by molar-refractivity contribution is 6.06. The molecule has 0 saturated heterocycles. The number of alkyl carbamates (subject to hydrolysis) is 1.